The van der Waals surface area contributed by atoms with Gasteiger partial charge in [-0.3, -0.25) is 9.69 Å². The van der Waals surface area contributed by atoms with E-state index in [4.69, 9.17) is 14.2 Å². The molecule has 0 bridgehead atoms. The summed E-state index contributed by atoms with van der Waals surface area (Å²) in [6, 6.07) is 13.8. The number of methoxy groups -OCH3 is 1. The van der Waals surface area contributed by atoms with Gasteiger partial charge in [-0.1, -0.05) is 42.5 Å². The zero-order valence-corrected chi connectivity index (χ0v) is 20.6. The van der Waals surface area contributed by atoms with E-state index >= 15 is 0 Å². The van der Waals surface area contributed by atoms with Crippen LogP contribution < -0.4 is 0 Å². The highest BCUT2D eigenvalue weighted by Gasteiger charge is 2.68. The summed E-state index contributed by atoms with van der Waals surface area (Å²) < 4.78 is 29.3. The van der Waals surface area contributed by atoms with Crippen molar-refractivity contribution in [1.29, 1.82) is 0 Å². The maximum Gasteiger partial charge on any atom is 0.345 e. The van der Waals surface area contributed by atoms with E-state index in [1.165, 1.54) is 38.3 Å². The number of esters is 3. The van der Waals surface area contributed by atoms with Gasteiger partial charge in [0, 0.05) is 19.0 Å². The lowest BCUT2D eigenvalue weighted by Gasteiger charge is -2.38. The van der Waals surface area contributed by atoms with Gasteiger partial charge in [-0.05, 0) is 37.1 Å². The number of hydrogen-bond acceptors (Lipinski definition) is 7. The Hall–Kier alpha value is -4.01. The van der Waals surface area contributed by atoms with Crippen molar-refractivity contribution in [3.05, 3.63) is 82.8 Å². The molecule has 2 aromatic carbocycles. The molecule has 0 radical (unpaired) electrons. The van der Waals surface area contributed by atoms with E-state index in [0.717, 1.165) is 4.90 Å². The van der Waals surface area contributed by atoms with Gasteiger partial charge in [0.1, 0.15) is 5.82 Å². The number of benzene rings is 2. The molecular weight excluding hydrogens is 469 g/mol. The Morgan fingerprint density at radius 3 is 1.94 bits per heavy atom. The minimum atomic E-state index is -2.36. The van der Waals surface area contributed by atoms with Crippen LogP contribution in [0.1, 0.15) is 37.8 Å². The average molecular weight is 498 g/mol. The van der Waals surface area contributed by atoms with Gasteiger partial charge in [-0.2, -0.15) is 0 Å². The third kappa shape index (κ3) is 4.60. The van der Waals surface area contributed by atoms with Crippen molar-refractivity contribution in [2.24, 2.45) is 0 Å². The molecule has 2 aromatic rings. The molecule has 0 spiro atoms. The molecule has 0 N–H and O–H groups in total. The molecule has 3 rings (SSSR count). The topological polar surface area (TPSA) is 99.2 Å². The van der Waals surface area contributed by atoms with Crippen LogP contribution in [0.4, 0.5) is 4.39 Å². The lowest BCUT2D eigenvalue weighted by molar-refractivity contribution is -0.176. The van der Waals surface area contributed by atoms with E-state index in [0.29, 0.717) is 11.1 Å². The van der Waals surface area contributed by atoms with Crippen molar-refractivity contribution in [1.82, 2.24) is 4.90 Å². The number of nitrogens with zero attached hydrogens (tertiary/aromatic N) is 1. The van der Waals surface area contributed by atoms with Crippen LogP contribution in [0.3, 0.4) is 0 Å². The largest absolute Gasteiger partial charge is 0.466 e. The summed E-state index contributed by atoms with van der Waals surface area (Å²) in [6.07, 6.45) is -0.0752. The van der Waals surface area contributed by atoms with E-state index in [2.05, 4.69) is 0 Å². The molecule has 0 saturated carbocycles. The van der Waals surface area contributed by atoms with Crippen LogP contribution >= 0.6 is 0 Å². The molecule has 1 atom stereocenters. The summed E-state index contributed by atoms with van der Waals surface area (Å²) in [7, 11) is 1.17. The number of carbonyl (C=O) groups is 4. The normalized spacial score (nSPS) is 16.5. The molecule has 8 nitrogen and oxygen atoms in total. The zero-order chi connectivity index (χ0) is 26.5. The lowest BCUT2D eigenvalue weighted by atomic mass is 9.76. The van der Waals surface area contributed by atoms with Crippen LogP contribution in [-0.2, 0) is 39.8 Å². The fourth-order valence-corrected chi connectivity index (χ4v) is 4.63. The van der Waals surface area contributed by atoms with Crippen molar-refractivity contribution in [3.8, 4) is 0 Å². The van der Waals surface area contributed by atoms with Crippen LogP contribution in [0.2, 0.25) is 0 Å². The van der Waals surface area contributed by atoms with Crippen LogP contribution in [0.15, 0.2) is 65.9 Å². The molecule has 36 heavy (non-hydrogen) atoms. The van der Waals surface area contributed by atoms with Crippen LogP contribution in [-0.4, -0.2) is 54.6 Å². The first-order valence-electron chi connectivity index (χ1n) is 11.5. The van der Waals surface area contributed by atoms with Crippen molar-refractivity contribution < 1.29 is 37.8 Å². The highest BCUT2D eigenvalue weighted by atomic mass is 19.1. The number of amides is 1. The van der Waals surface area contributed by atoms with E-state index < -0.39 is 41.1 Å². The fraction of sp³-hybridized carbons (Fsp3) is 0.333. The van der Waals surface area contributed by atoms with Gasteiger partial charge in [0.05, 0.1) is 31.8 Å². The van der Waals surface area contributed by atoms with Crippen molar-refractivity contribution in [3.63, 3.8) is 0 Å². The van der Waals surface area contributed by atoms with Gasteiger partial charge in [-0.15, -0.1) is 0 Å². The predicted molar refractivity (Wildman–Crippen MR) is 127 cm³/mol. The summed E-state index contributed by atoms with van der Waals surface area (Å²) in [4.78, 5) is 55.0. The second-order valence-corrected chi connectivity index (χ2v) is 8.06. The Morgan fingerprint density at radius 1 is 0.917 bits per heavy atom. The summed E-state index contributed by atoms with van der Waals surface area (Å²) in [5, 5.41) is 0. The highest BCUT2D eigenvalue weighted by molar-refractivity contribution is 6.13. The van der Waals surface area contributed by atoms with Crippen molar-refractivity contribution >= 4 is 23.8 Å². The van der Waals surface area contributed by atoms with E-state index in [1.54, 1.807) is 44.2 Å². The predicted octanol–water partition coefficient (Wildman–Crippen LogP) is 3.31. The number of rotatable bonds is 8. The summed E-state index contributed by atoms with van der Waals surface area (Å²) >= 11 is 0. The maximum absolute atomic E-state index is 13.7. The number of hydrogen-bond donors (Lipinski definition) is 0. The van der Waals surface area contributed by atoms with Crippen molar-refractivity contribution in [2.45, 2.75) is 38.6 Å². The zero-order valence-electron chi connectivity index (χ0n) is 20.6. The maximum atomic E-state index is 13.7. The first kappa shape index (κ1) is 26.6. The summed E-state index contributed by atoms with van der Waals surface area (Å²) in [6.45, 7) is 4.13. The fourth-order valence-electron chi connectivity index (χ4n) is 4.63. The number of carbonyl (C=O) groups excluding carboxylic acids is 4. The molecule has 190 valence electrons. The summed E-state index contributed by atoms with van der Waals surface area (Å²) in [5.74, 6) is -5.35. The molecule has 0 saturated heterocycles. The number of halogens is 1. The van der Waals surface area contributed by atoms with Gasteiger partial charge in [0.15, 0.2) is 0 Å². The molecule has 1 unspecified atom stereocenters. The minimum Gasteiger partial charge on any atom is -0.466 e. The highest BCUT2D eigenvalue weighted by Crippen LogP contribution is 2.51. The van der Waals surface area contributed by atoms with E-state index in [1.807, 2.05) is 0 Å². The Morgan fingerprint density at radius 2 is 1.47 bits per heavy atom. The molecule has 1 aliphatic rings. The molecule has 9 heteroatoms. The molecule has 0 aliphatic carbocycles. The molecule has 1 aliphatic heterocycles. The SMILES string of the molecule is CCOC(=O)C1(C(=O)OCC)C(c2ccccc2)C(C(=O)OC)=C(Cc2ccc(F)cc2)N1C(C)=O. The van der Waals surface area contributed by atoms with Crippen LogP contribution in [0.25, 0.3) is 0 Å². The van der Waals surface area contributed by atoms with Gasteiger partial charge in [0.25, 0.3) is 5.54 Å². The monoisotopic (exact) mass is 497 g/mol. The average Bonchev–Trinajstić information content (AvgIpc) is 3.17. The third-order valence-electron chi connectivity index (χ3n) is 5.95. The third-order valence-corrected chi connectivity index (χ3v) is 5.95. The van der Waals surface area contributed by atoms with Gasteiger partial charge < -0.3 is 14.2 Å². The molecule has 0 aromatic heterocycles. The van der Waals surface area contributed by atoms with E-state index in [9.17, 15) is 23.6 Å². The molecule has 1 heterocycles. The Kier molecular flexibility index (Phi) is 8.24. The van der Waals surface area contributed by atoms with Gasteiger partial charge >= 0.3 is 17.9 Å². The number of allylic oxidation sites excluding steroid dienone is 1. The molecular formula is C27H28FNO7. The Bertz CT molecular complexity index is 1160. The van der Waals surface area contributed by atoms with Gasteiger partial charge in [0.2, 0.25) is 5.91 Å². The van der Waals surface area contributed by atoms with Gasteiger partial charge in [-0.25, -0.2) is 18.8 Å². The first-order valence-corrected chi connectivity index (χ1v) is 11.5. The van der Waals surface area contributed by atoms with Crippen LogP contribution in [0, 0.1) is 5.82 Å². The Balaban J connectivity index is 2.43. The lowest BCUT2D eigenvalue weighted by Crippen LogP contribution is -2.63. The Labute approximate surface area is 208 Å². The van der Waals surface area contributed by atoms with E-state index in [-0.39, 0.29) is 30.9 Å². The summed E-state index contributed by atoms with van der Waals surface area (Å²) in [5.41, 5.74) is -1.42. The standard InChI is InChI=1S/C27H28FNO7/c1-5-35-25(32)27(26(33)36-6-2)23(19-10-8-7-9-11-19)22(24(31)34-4)21(29(27)17(3)30)16-18-12-14-20(28)15-13-18/h7-15,23H,5-6,16H2,1-4H3. The minimum absolute atomic E-state index is 0.0654. The quantitative estimate of drug-likeness (QED) is 0.313. The smallest absolute Gasteiger partial charge is 0.345 e. The first-order chi connectivity index (χ1) is 17.2. The van der Waals surface area contributed by atoms with Crippen LogP contribution in [0.5, 0.6) is 0 Å². The second-order valence-electron chi connectivity index (χ2n) is 8.06. The second kappa shape index (κ2) is 11.2. The molecule has 0 fully saturated rings. The number of ether oxygens (including phenoxy) is 3. The van der Waals surface area contributed by atoms with Crippen molar-refractivity contribution in [2.75, 3.05) is 20.3 Å². The molecule has 1 amide bonds.